The molecule has 2 heterocycles. The van der Waals surface area contributed by atoms with Crippen molar-refractivity contribution in [2.45, 2.75) is 25.2 Å². The average molecular weight is 489 g/mol. The normalized spacial score (nSPS) is 14.7. The molecule has 0 amide bonds. The Hall–Kier alpha value is -3.71. The maximum atomic E-state index is 14.3. The third-order valence-electron chi connectivity index (χ3n) is 6.79. The molecule has 1 aromatic heterocycles. The molecule has 1 saturated heterocycles. The minimum atomic E-state index is -0.267. The van der Waals surface area contributed by atoms with Gasteiger partial charge in [0.15, 0.2) is 22.9 Å². The maximum absolute atomic E-state index is 14.3. The lowest BCUT2D eigenvalue weighted by atomic mass is 9.91. The fourth-order valence-electron chi connectivity index (χ4n) is 4.84. The highest BCUT2D eigenvalue weighted by Gasteiger charge is 2.26. The molecular weight excluding hydrogens is 459 g/mol. The van der Waals surface area contributed by atoms with Crippen molar-refractivity contribution in [1.82, 2.24) is 10.1 Å². The molecule has 6 nitrogen and oxygen atoms in total. The zero-order valence-corrected chi connectivity index (χ0v) is 20.3. The smallest absolute Gasteiger partial charge is 0.193 e. The number of aromatic nitrogens is 1. The van der Waals surface area contributed by atoms with Gasteiger partial charge in [0.2, 0.25) is 0 Å². The number of hydrogen-bond donors (Lipinski definition) is 0. The van der Waals surface area contributed by atoms with E-state index in [0.717, 1.165) is 44.6 Å². The molecule has 0 aliphatic carbocycles. The SMILES string of the molecule is COc1cc(C(=O)c2ccccc2)ccc1OCCCN1CCC(c2noc3cccc(F)c23)CC1. The molecule has 0 unspecified atom stereocenters. The lowest BCUT2D eigenvalue weighted by molar-refractivity contribution is 0.103. The van der Waals surface area contributed by atoms with Crippen LogP contribution in [0.25, 0.3) is 11.0 Å². The number of halogens is 1. The molecule has 3 aromatic carbocycles. The van der Waals surface area contributed by atoms with Crippen LogP contribution in [-0.2, 0) is 0 Å². The van der Waals surface area contributed by atoms with Gasteiger partial charge in [-0.05, 0) is 62.7 Å². The first-order valence-electron chi connectivity index (χ1n) is 12.3. The van der Waals surface area contributed by atoms with E-state index in [4.69, 9.17) is 14.0 Å². The second-order valence-corrected chi connectivity index (χ2v) is 9.06. The van der Waals surface area contributed by atoms with Crippen LogP contribution < -0.4 is 9.47 Å². The summed E-state index contributed by atoms with van der Waals surface area (Å²) in [4.78, 5) is 15.1. The standard InChI is InChI=1S/C29H29FN2O4/c1-34-26-19-22(29(33)21-7-3-2-4-8-21)11-12-24(26)35-18-6-15-32-16-13-20(14-17-32)28-27-23(30)9-5-10-25(27)36-31-28/h2-5,7-12,19-20H,6,13-18H2,1H3. The zero-order chi connectivity index (χ0) is 24.9. The second-order valence-electron chi connectivity index (χ2n) is 9.06. The number of ketones is 1. The summed E-state index contributed by atoms with van der Waals surface area (Å²) in [7, 11) is 1.58. The number of rotatable bonds is 9. The van der Waals surface area contributed by atoms with Gasteiger partial charge >= 0.3 is 0 Å². The quantitative estimate of drug-likeness (QED) is 0.217. The molecule has 0 radical (unpaired) electrons. The number of carbonyl (C=O) groups is 1. The first kappa shape index (κ1) is 24.0. The summed E-state index contributed by atoms with van der Waals surface area (Å²) in [6, 6.07) is 19.3. The lowest BCUT2D eigenvalue weighted by Gasteiger charge is -2.31. The Morgan fingerprint density at radius 3 is 2.61 bits per heavy atom. The van der Waals surface area contributed by atoms with Crippen LogP contribution >= 0.6 is 0 Å². The molecule has 1 aliphatic rings. The van der Waals surface area contributed by atoms with Crippen molar-refractivity contribution in [3.05, 3.63) is 89.4 Å². The number of carbonyl (C=O) groups excluding carboxylic acids is 1. The van der Waals surface area contributed by atoms with Gasteiger partial charge in [0.1, 0.15) is 5.82 Å². The van der Waals surface area contributed by atoms with E-state index >= 15 is 0 Å². The van der Waals surface area contributed by atoms with Crippen LogP contribution in [0.3, 0.4) is 0 Å². The van der Waals surface area contributed by atoms with Crippen molar-refractivity contribution < 1.29 is 23.2 Å². The van der Waals surface area contributed by atoms with Gasteiger partial charge < -0.3 is 18.9 Å². The Bertz CT molecular complexity index is 1330. The maximum Gasteiger partial charge on any atom is 0.193 e. The molecule has 5 rings (SSSR count). The summed E-state index contributed by atoms with van der Waals surface area (Å²) in [5.41, 5.74) is 2.46. The predicted octanol–water partition coefficient (Wildman–Crippen LogP) is 5.86. The molecule has 1 fully saturated rings. The monoisotopic (exact) mass is 488 g/mol. The molecule has 4 aromatic rings. The highest BCUT2D eigenvalue weighted by atomic mass is 19.1. The predicted molar refractivity (Wildman–Crippen MR) is 135 cm³/mol. The molecule has 0 saturated carbocycles. The minimum absolute atomic E-state index is 0.0507. The zero-order valence-electron chi connectivity index (χ0n) is 20.3. The van der Waals surface area contributed by atoms with Gasteiger partial charge in [-0.25, -0.2) is 4.39 Å². The number of likely N-dealkylation sites (tertiary alicyclic amines) is 1. The van der Waals surface area contributed by atoms with Crippen LogP contribution in [0.15, 0.2) is 71.3 Å². The summed E-state index contributed by atoms with van der Waals surface area (Å²) >= 11 is 0. The number of piperidine rings is 1. The topological polar surface area (TPSA) is 64.8 Å². The van der Waals surface area contributed by atoms with Crippen LogP contribution in [0.1, 0.15) is 46.8 Å². The van der Waals surface area contributed by atoms with E-state index in [-0.39, 0.29) is 17.5 Å². The van der Waals surface area contributed by atoms with Gasteiger partial charge in [-0.1, -0.05) is 41.6 Å². The first-order valence-corrected chi connectivity index (χ1v) is 12.3. The molecule has 7 heteroatoms. The van der Waals surface area contributed by atoms with Crippen LogP contribution in [0.5, 0.6) is 11.5 Å². The molecule has 0 spiro atoms. The van der Waals surface area contributed by atoms with E-state index in [1.807, 2.05) is 18.2 Å². The summed E-state index contributed by atoms with van der Waals surface area (Å²) in [5, 5.41) is 4.70. The van der Waals surface area contributed by atoms with E-state index in [1.54, 1.807) is 49.6 Å². The van der Waals surface area contributed by atoms with E-state index in [1.165, 1.54) is 6.07 Å². The van der Waals surface area contributed by atoms with E-state index < -0.39 is 0 Å². The van der Waals surface area contributed by atoms with E-state index in [0.29, 0.717) is 40.2 Å². The Morgan fingerprint density at radius 2 is 1.83 bits per heavy atom. The largest absolute Gasteiger partial charge is 0.493 e. The van der Waals surface area contributed by atoms with E-state index in [9.17, 15) is 9.18 Å². The first-order chi connectivity index (χ1) is 17.6. The van der Waals surface area contributed by atoms with Crippen LogP contribution in [0.2, 0.25) is 0 Å². The highest BCUT2D eigenvalue weighted by Crippen LogP contribution is 2.34. The molecular formula is C29H29FN2O4. The molecule has 186 valence electrons. The summed E-state index contributed by atoms with van der Waals surface area (Å²) in [6.07, 6.45) is 2.70. The fourth-order valence-corrected chi connectivity index (χ4v) is 4.84. The summed E-state index contributed by atoms with van der Waals surface area (Å²) in [6.45, 7) is 3.30. The molecule has 36 heavy (non-hydrogen) atoms. The van der Waals surface area contributed by atoms with Gasteiger partial charge in [0, 0.05) is 23.6 Å². The van der Waals surface area contributed by atoms with Gasteiger partial charge in [-0.2, -0.15) is 0 Å². The third-order valence-corrected chi connectivity index (χ3v) is 6.79. The van der Waals surface area contributed by atoms with Crippen LogP contribution in [0, 0.1) is 5.82 Å². The van der Waals surface area contributed by atoms with Crippen LogP contribution in [-0.4, -0.2) is 49.2 Å². The van der Waals surface area contributed by atoms with Gasteiger partial charge in [-0.3, -0.25) is 4.79 Å². The number of methoxy groups -OCH3 is 1. The van der Waals surface area contributed by atoms with Crippen molar-refractivity contribution in [3.63, 3.8) is 0 Å². The number of fused-ring (bicyclic) bond motifs is 1. The summed E-state index contributed by atoms with van der Waals surface area (Å²) < 4.78 is 31.1. The van der Waals surface area contributed by atoms with Gasteiger partial charge in [0.25, 0.3) is 0 Å². The molecule has 0 bridgehead atoms. The second kappa shape index (κ2) is 10.9. The summed E-state index contributed by atoms with van der Waals surface area (Å²) in [5.74, 6) is 1.06. The van der Waals surface area contributed by atoms with Crippen molar-refractivity contribution >= 4 is 16.8 Å². The van der Waals surface area contributed by atoms with Crippen molar-refractivity contribution in [2.24, 2.45) is 0 Å². The van der Waals surface area contributed by atoms with Crippen molar-refractivity contribution in [1.29, 1.82) is 0 Å². The number of ether oxygens (including phenoxy) is 2. The van der Waals surface area contributed by atoms with E-state index in [2.05, 4.69) is 10.1 Å². The van der Waals surface area contributed by atoms with Crippen LogP contribution in [0.4, 0.5) is 4.39 Å². The minimum Gasteiger partial charge on any atom is -0.493 e. The number of hydrogen-bond acceptors (Lipinski definition) is 6. The lowest BCUT2D eigenvalue weighted by Crippen LogP contribution is -2.34. The highest BCUT2D eigenvalue weighted by molar-refractivity contribution is 6.09. The van der Waals surface area contributed by atoms with Crippen molar-refractivity contribution in [2.75, 3.05) is 33.4 Å². The number of benzene rings is 3. The van der Waals surface area contributed by atoms with Gasteiger partial charge in [-0.15, -0.1) is 0 Å². The van der Waals surface area contributed by atoms with Gasteiger partial charge in [0.05, 0.1) is 24.8 Å². The van der Waals surface area contributed by atoms with Crippen molar-refractivity contribution in [3.8, 4) is 11.5 Å². The fraction of sp³-hybridized carbons (Fsp3) is 0.310. The number of nitrogens with zero attached hydrogens (tertiary/aromatic N) is 2. The molecule has 0 N–H and O–H groups in total. The average Bonchev–Trinajstić information content (AvgIpc) is 3.37. The Labute approximate surface area is 209 Å². The Kier molecular flexibility index (Phi) is 7.28. The Balaban J connectivity index is 1.11. The molecule has 1 aliphatic heterocycles. The molecule has 0 atom stereocenters. The Morgan fingerprint density at radius 1 is 1.03 bits per heavy atom. The third kappa shape index (κ3) is 5.11.